The van der Waals surface area contributed by atoms with Gasteiger partial charge in [-0.1, -0.05) is 12.1 Å². The molecule has 2 rings (SSSR count). The third-order valence-electron chi connectivity index (χ3n) is 2.55. The summed E-state index contributed by atoms with van der Waals surface area (Å²) in [6, 6.07) is 7.70. The molecule has 1 unspecified atom stereocenters. The van der Waals surface area contributed by atoms with E-state index in [0.29, 0.717) is 5.56 Å². The third-order valence-corrected chi connectivity index (χ3v) is 2.55. The highest BCUT2D eigenvalue weighted by molar-refractivity contribution is 5.86. The van der Waals surface area contributed by atoms with E-state index in [1.165, 1.54) is 6.92 Å². The van der Waals surface area contributed by atoms with Gasteiger partial charge in [0.05, 0.1) is 5.52 Å². The number of benzene rings is 1. The van der Waals surface area contributed by atoms with Crippen molar-refractivity contribution in [3.8, 4) is 0 Å². The predicted octanol–water partition coefficient (Wildman–Crippen LogP) is 1.50. The molecule has 5 nitrogen and oxygen atoms in total. The zero-order valence-corrected chi connectivity index (χ0v) is 9.75. The van der Waals surface area contributed by atoms with Crippen LogP contribution >= 0.6 is 0 Å². The topological polar surface area (TPSA) is 79.3 Å². The molecule has 0 radical (unpaired) electrons. The fraction of sp³-hybridized carbons (Fsp3) is 0.154. The number of hydrogen-bond acceptors (Lipinski definition) is 3. The Morgan fingerprint density at radius 3 is 2.78 bits per heavy atom. The quantitative estimate of drug-likeness (QED) is 0.857. The van der Waals surface area contributed by atoms with Gasteiger partial charge >= 0.3 is 5.97 Å². The van der Waals surface area contributed by atoms with Gasteiger partial charge in [-0.05, 0) is 23.8 Å². The lowest BCUT2D eigenvalue weighted by atomic mass is 10.0. The number of pyridine rings is 1. The Hall–Kier alpha value is -2.43. The normalized spacial score (nSPS) is 12.1. The number of carboxylic acid groups (broad SMARTS) is 1. The van der Waals surface area contributed by atoms with Gasteiger partial charge in [-0.15, -0.1) is 0 Å². The average Bonchev–Trinajstić information content (AvgIpc) is 2.35. The minimum Gasteiger partial charge on any atom is -0.479 e. The Morgan fingerprint density at radius 2 is 2.11 bits per heavy atom. The summed E-state index contributed by atoms with van der Waals surface area (Å²) in [6.45, 7) is 1.29. The smallest absolute Gasteiger partial charge is 0.330 e. The number of carbonyl (C=O) groups excluding carboxylic acids is 1. The van der Waals surface area contributed by atoms with Crippen molar-refractivity contribution in [2.75, 3.05) is 0 Å². The number of aromatic nitrogens is 1. The van der Waals surface area contributed by atoms with Crippen LogP contribution in [0.3, 0.4) is 0 Å². The fourth-order valence-corrected chi connectivity index (χ4v) is 1.76. The molecule has 1 aromatic carbocycles. The van der Waals surface area contributed by atoms with Gasteiger partial charge in [0.1, 0.15) is 0 Å². The van der Waals surface area contributed by atoms with E-state index >= 15 is 0 Å². The third kappa shape index (κ3) is 2.45. The fourth-order valence-electron chi connectivity index (χ4n) is 1.76. The minimum absolute atomic E-state index is 0.381. The first-order valence-electron chi connectivity index (χ1n) is 5.42. The molecule has 0 aliphatic carbocycles. The van der Waals surface area contributed by atoms with Crippen molar-refractivity contribution < 1.29 is 14.7 Å². The maximum atomic E-state index is 11.1. The lowest BCUT2D eigenvalue weighted by molar-refractivity contribution is -0.141. The molecular weight excluding hydrogens is 232 g/mol. The van der Waals surface area contributed by atoms with Crippen LogP contribution in [0.1, 0.15) is 18.5 Å². The van der Waals surface area contributed by atoms with Crippen LogP contribution in [0, 0.1) is 0 Å². The van der Waals surface area contributed by atoms with E-state index in [0.717, 1.165) is 10.9 Å². The number of carbonyl (C=O) groups is 2. The van der Waals surface area contributed by atoms with Gasteiger partial charge in [0.2, 0.25) is 5.91 Å². The molecule has 1 heterocycles. The molecule has 0 aliphatic heterocycles. The Balaban J connectivity index is 2.44. The molecule has 1 atom stereocenters. The molecule has 92 valence electrons. The van der Waals surface area contributed by atoms with Crippen LogP contribution < -0.4 is 5.32 Å². The molecule has 0 spiro atoms. The van der Waals surface area contributed by atoms with Crippen molar-refractivity contribution in [2.24, 2.45) is 0 Å². The lowest BCUT2D eigenvalue weighted by Crippen LogP contribution is -2.31. The summed E-state index contributed by atoms with van der Waals surface area (Å²) in [7, 11) is 0. The van der Waals surface area contributed by atoms with Crippen molar-refractivity contribution in [3.05, 3.63) is 42.1 Å². The van der Waals surface area contributed by atoms with Gasteiger partial charge in [0.25, 0.3) is 0 Å². The van der Waals surface area contributed by atoms with Gasteiger partial charge in [-0.2, -0.15) is 0 Å². The maximum Gasteiger partial charge on any atom is 0.330 e. The first kappa shape index (κ1) is 12.0. The standard InChI is InChI=1S/C13H12N2O3/c1-8(16)15-12(13(17)18)10-4-5-11-9(7-10)3-2-6-14-11/h2-7,12H,1H3,(H,15,16)(H,17,18). The minimum atomic E-state index is -1.09. The van der Waals surface area contributed by atoms with Crippen LogP contribution in [0.5, 0.6) is 0 Å². The number of nitrogens with one attached hydrogen (secondary N) is 1. The van der Waals surface area contributed by atoms with Crippen molar-refractivity contribution in [1.82, 2.24) is 10.3 Å². The van der Waals surface area contributed by atoms with E-state index in [2.05, 4.69) is 10.3 Å². The zero-order valence-electron chi connectivity index (χ0n) is 9.75. The zero-order chi connectivity index (χ0) is 13.1. The number of nitrogens with zero attached hydrogens (tertiary/aromatic N) is 1. The number of hydrogen-bond donors (Lipinski definition) is 2. The van der Waals surface area contributed by atoms with Gasteiger partial charge in [-0.3, -0.25) is 9.78 Å². The van der Waals surface area contributed by atoms with Crippen LogP contribution in [0.25, 0.3) is 10.9 Å². The molecule has 2 N–H and O–H groups in total. The summed E-state index contributed by atoms with van der Waals surface area (Å²) in [5.74, 6) is -1.47. The van der Waals surface area contributed by atoms with Crippen molar-refractivity contribution in [3.63, 3.8) is 0 Å². The van der Waals surface area contributed by atoms with Crippen LogP contribution in [-0.2, 0) is 9.59 Å². The van der Waals surface area contributed by atoms with Gasteiger partial charge < -0.3 is 10.4 Å². The largest absolute Gasteiger partial charge is 0.479 e. The molecule has 18 heavy (non-hydrogen) atoms. The van der Waals surface area contributed by atoms with Crippen LogP contribution in [-0.4, -0.2) is 22.0 Å². The summed E-state index contributed by atoms with van der Waals surface area (Å²) in [5.41, 5.74) is 1.31. The SMILES string of the molecule is CC(=O)NC(C(=O)O)c1ccc2ncccc2c1. The molecule has 2 aromatic rings. The van der Waals surface area contributed by atoms with E-state index < -0.39 is 12.0 Å². The molecular formula is C13H12N2O3. The van der Waals surface area contributed by atoms with E-state index in [-0.39, 0.29) is 5.91 Å². The number of rotatable bonds is 3. The maximum absolute atomic E-state index is 11.1. The highest BCUT2D eigenvalue weighted by Crippen LogP contribution is 2.19. The number of fused-ring (bicyclic) bond motifs is 1. The molecule has 0 saturated carbocycles. The molecule has 5 heteroatoms. The predicted molar refractivity (Wildman–Crippen MR) is 65.9 cm³/mol. The highest BCUT2D eigenvalue weighted by Gasteiger charge is 2.20. The van der Waals surface area contributed by atoms with Crippen LogP contribution in [0.4, 0.5) is 0 Å². The Kier molecular flexibility index (Phi) is 3.23. The monoisotopic (exact) mass is 244 g/mol. The van der Waals surface area contributed by atoms with E-state index in [9.17, 15) is 9.59 Å². The van der Waals surface area contributed by atoms with Crippen molar-refractivity contribution >= 4 is 22.8 Å². The summed E-state index contributed by atoms with van der Waals surface area (Å²) < 4.78 is 0. The van der Waals surface area contributed by atoms with Gasteiger partial charge in [0, 0.05) is 18.5 Å². The molecule has 0 saturated heterocycles. The first-order chi connectivity index (χ1) is 8.58. The van der Waals surface area contributed by atoms with E-state index in [1.807, 2.05) is 6.07 Å². The number of aliphatic carboxylic acids is 1. The molecule has 0 aliphatic rings. The number of carboxylic acids is 1. The Morgan fingerprint density at radius 1 is 1.33 bits per heavy atom. The summed E-state index contributed by atoms with van der Waals surface area (Å²) >= 11 is 0. The average molecular weight is 244 g/mol. The molecule has 1 amide bonds. The van der Waals surface area contributed by atoms with E-state index in [4.69, 9.17) is 5.11 Å². The molecule has 0 fully saturated rings. The second-order valence-corrected chi connectivity index (χ2v) is 3.93. The van der Waals surface area contributed by atoms with E-state index in [1.54, 1.807) is 30.5 Å². The molecule has 1 aromatic heterocycles. The van der Waals surface area contributed by atoms with Gasteiger partial charge in [0.15, 0.2) is 6.04 Å². The second-order valence-electron chi connectivity index (χ2n) is 3.93. The van der Waals surface area contributed by atoms with Crippen molar-refractivity contribution in [2.45, 2.75) is 13.0 Å². The van der Waals surface area contributed by atoms with Gasteiger partial charge in [-0.25, -0.2) is 4.79 Å². The Labute approximate surface area is 103 Å². The first-order valence-corrected chi connectivity index (χ1v) is 5.42. The summed E-state index contributed by atoms with van der Waals surface area (Å²) in [5, 5.41) is 12.4. The van der Waals surface area contributed by atoms with Crippen LogP contribution in [0.15, 0.2) is 36.5 Å². The lowest BCUT2D eigenvalue weighted by Gasteiger charge is -2.14. The highest BCUT2D eigenvalue weighted by atomic mass is 16.4. The summed E-state index contributed by atoms with van der Waals surface area (Å²) in [6.07, 6.45) is 1.67. The second kappa shape index (κ2) is 4.83. The molecule has 0 bridgehead atoms. The van der Waals surface area contributed by atoms with Crippen LogP contribution in [0.2, 0.25) is 0 Å². The summed E-state index contributed by atoms with van der Waals surface area (Å²) in [4.78, 5) is 26.3. The Bertz CT molecular complexity index is 610. The number of amides is 1. The van der Waals surface area contributed by atoms with Crippen molar-refractivity contribution in [1.29, 1.82) is 0 Å².